The summed E-state index contributed by atoms with van der Waals surface area (Å²) < 4.78 is 0. The molecule has 1 amide bonds. The number of aryl methyl sites for hydroxylation is 1. The lowest BCUT2D eigenvalue weighted by Gasteiger charge is -2.28. The maximum Gasteiger partial charge on any atom is 0.239 e. The summed E-state index contributed by atoms with van der Waals surface area (Å²) in [6.07, 6.45) is 1.67. The van der Waals surface area contributed by atoms with Crippen LogP contribution in [-0.4, -0.2) is 23.9 Å². The van der Waals surface area contributed by atoms with Gasteiger partial charge in [-0.2, -0.15) is 0 Å². The molecule has 0 spiro atoms. The molecule has 2 unspecified atom stereocenters. The first kappa shape index (κ1) is 14.7. The first-order chi connectivity index (χ1) is 8.47. The number of hydrogen-bond donors (Lipinski definition) is 1. The first-order valence-electron chi connectivity index (χ1n) is 6.56. The largest absolute Gasteiger partial charge is 0.338 e. The molecule has 0 aliphatic carbocycles. The van der Waals surface area contributed by atoms with Crippen molar-refractivity contribution in [2.75, 3.05) is 7.05 Å². The lowest BCUT2D eigenvalue weighted by Crippen LogP contribution is -2.42. The topological polar surface area (TPSA) is 46.3 Å². The van der Waals surface area contributed by atoms with E-state index in [1.165, 1.54) is 5.56 Å². The van der Waals surface area contributed by atoms with Crippen LogP contribution in [0.4, 0.5) is 0 Å². The molecule has 0 aromatic heterocycles. The highest BCUT2D eigenvalue weighted by molar-refractivity contribution is 5.81. The number of amides is 1. The Bertz CT molecular complexity index is 386. The molecule has 0 aliphatic heterocycles. The predicted molar refractivity (Wildman–Crippen MR) is 75.2 cm³/mol. The Labute approximate surface area is 110 Å². The molecular formula is C15H24N2O. The van der Waals surface area contributed by atoms with E-state index in [2.05, 4.69) is 31.2 Å². The van der Waals surface area contributed by atoms with Gasteiger partial charge in [-0.3, -0.25) is 4.79 Å². The van der Waals surface area contributed by atoms with Gasteiger partial charge in [-0.25, -0.2) is 0 Å². The summed E-state index contributed by atoms with van der Waals surface area (Å²) in [5.41, 5.74) is 8.24. The maximum atomic E-state index is 12.1. The van der Waals surface area contributed by atoms with Crippen LogP contribution in [-0.2, 0) is 4.79 Å². The number of hydrogen-bond acceptors (Lipinski definition) is 2. The molecular weight excluding hydrogens is 224 g/mol. The fourth-order valence-electron chi connectivity index (χ4n) is 1.96. The second-order valence-electron chi connectivity index (χ2n) is 4.93. The van der Waals surface area contributed by atoms with Gasteiger partial charge in [0, 0.05) is 7.05 Å². The van der Waals surface area contributed by atoms with Crippen LogP contribution in [0.25, 0.3) is 0 Å². The molecule has 100 valence electrons. The van der Waals surface area contributed by atoms with E-state index in [4.69, 9.17) is 5.73 Å². The standard InChI is InChI=1S/C15H24N2O/c1-5-6-14(16)15(18)17(4)12(3)13-9-7-11(2)8-10-13/h7-10,12,14H,5-6,16H2,1-4H3. The Hall–Kier alpha value is -1.35. The van der Waals surface area contributed by atoms with Gasteiger partial charge in [0.15, 0.2) is 0 Å². The molecule has 0 saturated carbocycles. The average Bonchev–Trinajstić information content (AvgIpc) is 2.37. The van der Waals surface area contributed by atoms with E-state index in [-0.39, 0.29) is 18.0 Å². The van der Waals surface area contributed by atoms with E-state index in [0.717, 1.165) is 18.4 Å². The zero-order chi connectivity index (χ0) is 13.7. The van der Waals surface area contributed by atoms with Gasteiger partial charge in [-0.15, -0.1) is 0 Å². The van der Waals surface area contributed by atoms with Gasteiger partial charge < -0.3 is 10.6 Å². The fourth-order valence-corrected chi connectivity index (χ4v) is 1.96. The van der Waals surface area contributed by atoms with Crippen LogP contribution in [0.2, 0.25) is 0 Å². The summed E-state index contributed by atoms with van der Waals surface area (Å²) in [4.78, 5) is 13.9. The van der Waals surface area contributed by atoms with Crippen molar-refractivity contribution in [2.24, 2.45) is 5.73 Å². The van der Waals surface area contributed by atoms with Crippen molar-refractivity contribution in [2.45, 2.75) is 45.7 Å². The molecule has 2 atom stereocenters. The Morgan fingerprint density at radius 1 is 1.33 bits per heavy atom. The molecule has 1 aromatic carbocycles. The Kier molecular flexibility index (Phi) is 5.35. The van der Waals surface area contributed by atoms with Crippen molar-refractivity contribution in [3.8, 4) is 0 Å². The maximum absolute atomic E-state index is 12.1. The van der Waals surface area contributed by atoms with Crippen LogP contribution in [0.1, 0.15) is 43.9 Å². The van der Waals surface area contributed by atoms with Crippen LogP contribution < -0.4 is 5.73 Å². The van der Waals surface area contributed by atoms with Crippen LogP contribution in [0.5, 0.6) is 0 Å². The van der Waals surface area contributed by atoms with Gasteiger partial charge in [0.25, 0.3) is 0 Å². The normalized spacial score (nSPS) is 14.1. The predicted octanol–water partition coefficient (Wildman–Crippen LogP) is 2.64. The molecule has 1 rings (SSSR count). The van der Waals surface area contributed by atoms with Crippen LogP contribution >= 0.6 is 0 Å². The molecule has 1 aromatic rings. The number of rotatable bonds is 5. The fraction of sp³-hybridized carbons (Fsp3) is 0.533. The monoisotopic (exact) mass is 248 g/mol. The van der Waals surface area contributed by atoms with Gasteiger partial charge in [0.1, 0.15) is 0 Å². The Morgan fingerprint density at radius 3 is 2.39 bits per heavy atom. The number of nitrogens with two attached hydrogens (primary N) is 1. The highest BCUT2D eigenvalue weighted by Crippen LogP contribution is 2.20. The number of likely N-dealkylation sites (N-methyl/N-ethyl adjacent to an activating group) is 1. The average molecular weight is 248 g/mol. The quantitative estimate of drug-likeness (QED) is 0.870. The summed E-state index contributed by atoms with van der Waals surface area (Å²) in [7, 11) is 1.82. The minimum atomic E-state index is -0.382. The second kappa shape index (κ2) is 6.55. The van der Waals surface area contributed by atoms with E-state index < -0.39 is 0 Å². The van der Waals surface area contributed by atoms with E-state index in [0.29, 0.717) is 0 Å². The third-order valence-electron chi connectivity index (χ3n) is 3.41. The van der Waals surface area contributed by atoms with Crippen molar-refractivity contribution < 1.29 is 4.79 Å². The summed E-state index contributed by atoms with van der Waals surface area (Å²) in [6, 6.07) is 7.94. The highest BCUT2D eigenvalue weighted by atomic mass is 16.2. The van der Waals surface area contributed by atoms with Gasteiger partial charge in [0.2, 0.25) is 5.91 Å². The molecule has 18 heavy (non-hydrogen) atoms. The highest BCUT2D eigenvalue weighted by Gasteiger charge is 2.22. The van der Waals surface area contributed by atoms with Crippen molar-refractivity contribution in [1.29, 1.82) is 0 Å². The Balaban J connectivity index is 2.74. The van der Waals surface area contributed by atoms with Gasteiger partial charge in [-0.1, -0.05) is 43.2 Å². The molecule has 0 heterocycles. The van der Waals surface area contributed by atoms with E-state index in [1.54, 1.807) is 4.90 Å². The number of nitrogens with zero attached hydrogens (tertiary/aromatic N) is 1. The zero-order valence-corrected chi connectivity index (χ0v) is 11.8. The summed E-state index contributed by atoms with van der Waals surface area (Å²) in [5, 5.41) is 0. The molecule has 3 nitrogen and oxygen atoms in total. The molecule has 3 heteroatoms. The van der Waals surface area contributed by atoms with Crippen molar-refractivity contribution in [3.63, 3.8) is 0 Å². The first-order valence-corrected chi connectivity index (χ1v) is 6.56. The minimum Gasteiger partial charge on any atom is -0.338 e. The molecule has 0 aliphatic rings. The van der Waals surface area contributed by atoms with E-state index in [1.807, 2.05) is 20.9 Å². The molecule has 0 bridgehead atoms. The van der Waals surface area contributed by atoms with Gasteiger partial charge >= 0.3 is 0 Å². The third kappa shape index (κ3) is 3.57. The van der Waals surface area contributed by atoms with Gasteiger partial charge in [0.05, 0.1) is 12.1 Å². The number of benzene rings is 1. The van der Waals surface area contributed by atoms with Gasteiger partial charge in [-0.05, 0) is 25.8 Å². The third-order valence-corrected chi connectivity index (χ3v) is 3.41. The van der Waals surface area contributed by atoms with Crippen molar-refractivity contribution in [1.82, 2.24) is 4.90 Å². The second-order valence-corrected chi connectivity index (χ2v) is 4.93. The van der Waals surface area contributed by atoms with E-state index in [9.17, 15) is 4.79 Å². The van der Waals surface area contributed by atoms with Crippen LogP contribution in [0, 0.1) is 6.92 Å². The van der Waals surface area contributed by atoms with Crippen LogP contribution in [0.15, 0.2) is 24.3 Å². The zero-order valence-electron chi connectivity index (χ0n) is 11.8. The Morgan fingerprint density at radius 2 is 1.89 bits per heavy atom. The van der Waals surface area contributed by atoms with Crippen molar-refractivity contribution in [3.05, 3.63) is 35.4 Å². The smallest absolute Gasteiger partial charge is 0.239 e. The number of carbonyl (C=O) groups is 1. The lowest BCUT2D eigenvalue weighted by molar-refractivity contribution is -0.133. The molecule has 2 N–H and O–H groups in total. The van der Waals surface area contributed by atoms with E-state index >= 15 is 0 Å². The van der Waals surface area contributed by atoms with Crippen LogP contribution in [0.3, 0.4) is 0 Å². The summed E-state index contributed by atoms with van der Waals surface area (Å²) >= 11 is 0. The lowest BCUT2D eigenvalue weighted by atomic mass is 10.0. The summed E-state index contributed by atoms with van der Waals surface area (Å²) in [6.45, 7) is 6.12. The SMILES string of the molecule is CCCC(N)C(=O)N(C)C(C)c1ccc(C)cc1. The summed E-state index contributed by atoms with van der Waals surface area (Å²) in [5.74, 6) is 0.0184. The minimum absolute atomic E-state index is 0.0184. The van der Waals surface area contributed by atoms with Crippen molar-refractivity contribution >= 4 is 5.91 Å². The molecule has 0 saturated heterocycles. The molecule has 0 radical (unpaired) electrons. The molecule has 0 fully saturated rings. The number of carbonyl (C=O) groups excluding carboxylic acids is 1.